The summed E-state index contributed by atoms with van der Waals surface area (Å²) < 4.78 is 22.9. The van der Waals surface area contributed by atoms with Gasteiger partial charge in [-0.05, 0) is 39.3 Å². The average Bonchev–Trinajstić information content (AvgIpc) is 3.12. The van der Waals surface area contributed by atoms with Crippen LogP contribution in [0, 0.1) is 6.92 Å². The summed E-state index contributed by atoms with van der Waals surface area (Å²) in [6.45, 7) is 7.30. The number of nitrogens with one attached hydrogen (secondary N) is 3. The Morgan fingerprint density at radius 3 is 2.71 bits per heavy atom. The lowest BCUT2D eigenvalue weighted by atomic mass is 10.2. The van der Waals surface area contributed by atoms with Crippen molar-refractivity contribution in [2.75, 3.05) is 24.6 Å². The van der Waals surface area contributed by atoms with Crippen LogP contribution in [-0.2, 0) is 21.1 Å². The van der Waals surface area contributed by atoms with Gasteiger partial charge < -0.3 is 16.0 Å². The number of aliphatic imine (C=N–C) groups is 1. The molecule has 1 aliphatic rings. The molecule has 0 saturated carbocycles. The molecule has 1 fully saturated rings. The van der Waals surface area contributed by atoms with Crippen molar-refractivity contribution < 1.29 is 13.2 Å². The highest BCUT2D eigenvalue weighted by Gasteiger charge is 2.28. The van der Waals surface area contributed by atoms with E-state index in [1.807, 2.05) is 6.92 Å². The number of carbonyl (C=O) groups is 1. The molecule has 2 heterocycles. The number of aryl methyl sites for hydroxylation is 1. The van der Waals surface area contributed by atoms with Crippen LogP contribution in [0.3, 0.4) is 0 Å². The van der Waals surface area contributed by atoms with Crippen LogP contribution in [0.2, 0.25) is 0 Å². The summed E-state index contributed by atoms with van der Waals surface area (Å²) in [6, 6.07) is 4.24. The van der Waals surface area contributed by atoms with E-state index >= 15 is 0 Å². The quantitative estimate of drug-likeness (QED) is 0.265. The lowest BCUT2D eigenvalue weighted by molar-refractivity contribution is -0.121. The zero-order valence-electron chi connectivity index (χ0n) is 16.7. The summed E-state index contributed by atoms with van der Waals surface area (Å²) in [4.78, 5) is 19.1. The largest absolute Gasteiger partial charge is 0.357 e. The molecule has 10 heteroatoms. The highest BCUT2D eigenvalue weighted by Crippen LogP contribution is 2.16. The Morgan fingerprint density at radius 2 is 2.14 bits per heavy atom. The molecular weight excluding hydrogens is 511 g/mol. The van der Waals surface area contributed by atoms with Crippen LogP contribution in [0.25, 0.3) is 0 Å². The molecule has 0 radical (unpaired) electrons. The van der Waals surface area contributed by atoms with Crippen LogP contribution >= 0.6 is 35.3 Å². The summed E-state index contributed by atoms with van der Waals surface area (Å²) >= 11 is 1.80. The first-order valence-corrected chi connectivity index (χ1v) is 12.0. The number of halogens is 1. The molecule has 1 amide bonds. The Kier molecular flexibility index (Phi) is 10.7. The van der Waals surface area contributed by atoms with E-state index in [9.17, 15) is 13.2 Å². The maximum Gasteiger partial charge on any atom is 0.222 e. The SMILES string of the molecule is CCNC(=NCCC(=O)NC1CCS(=O)(=O)C1)NC(C)Cc1ccc(C)s1.I. The molecule has 1 aromatic heterocycles. The van der Waals surface area contributed by atoms with Gasteiger partial charge in [-0.2, -0.15) is 0 Å². The second-order valence-electron chi connectivity index (χ2n) is 6.94. The van der Waals surface area contributed by atoms with Crippen molar-refractivity contribution in [1.29, 1.82) is 0 Å². The molecule has 0 bridgehead atoms. The third-order valence-corrected chi connectivity index (χ3v) is 7.03. The molecule has 7 nitrogen and oxygen atoms in total. The van der Waals surface area contributed by atoms with Crippen LogP contribution < -0.4 is 16.0 Å². The van der Waals surface area contributed by atoms with E-state index in [-0.39, 0.29) is 59.9 Å². The average molecular weight is 543 g/mol. The van der Waals surface area contributed by atoms with Gasteiger partial charge in [-0.15, -0.1) is 35.3 Å². The van der Waals surface area contributed by atoms with E-state index in [1.165, 1.54) is 9.75 Å². The molecule has 2 atom stereocenters. The molecule has 2 unspecified atom stereocenters. The first kappa shape index (κ1) is 25.2. The Balaban J connectivity index is 0.00000392. The minimum absolute atomic E-state index is 0. The number of nitrogens with zero attached hydrogens (tertiary/aromatic N) is 1. The van der Waals surface area contributed by atoms with Gasteiger partial charge in [0, 0.05) is 41.2 Å². The van der Waals surface area contributed by atoms with Crippen molar-refractivity contribution in [3.63, 3.8) is 0 Å². The lowest BCUT2D eigenvalue weighted by Crippen LogP contribution is -2.43. The van der Waals surface area contributed by atoms with Crippen LogP contribution in [0.1, 0.15) is 36.4 Å². The molecule has 0 aliphatic carbocycles. The van der Waals surface area contributed by atoms with E-state index in [0.29, 0.717) is 18.9 Å². The van der Waals surface area contributed by atoms with Crippen molar-refractivity contribution in [3.05, 3.63) is 21.9 Å². The van der Waals surface area contributed by atoms with Crippen molar-refractivity contribution in [2.24, 2.45) is 4.99 Å². The minimum Gasteiger partial charge on any atom is -0.357 e. The molecule has 0 spiro atoms. The van der Waals surface area contributed by atoms with E-state index in [1.54, 1.807) is 11.3 Å². The van der Waals surface area contributed by atoms with Crippen LogP contribution in [0.4, 0.5) is 0 Å². The van der Waals surface area contributed by atoms with Gasteiger partial charge in [-0.1, -0.05) is 0 Å². The fourth-order valence-electron chi connectivity index (χ4n) is 2.98. The van der Waals surface area contributed by atoms with Gasteiger partial charge in [0.1, 0.15) is 0 Å². The summed E-state index contributed by atoms with van der Waals surface area (Å²) in [5.74, 6) is 0.742. The predicted octanol–water partition coefficient (Wildman–Crippen LogP) is 1.85. The summed E-state index contributed by atoms with van der Waals surface area (Å²) in [5, 5.41) is 9.35. The van der Waals surface area contributed by atoms with E-state index < -0.39 is 9.84 Å². The molecule has 3 N–H and O–H groups in total. The fourth-order valence-corrected chi connectivity index (χ4v) is 5.67. The van der Waals surface area contributed by atoms with Crippen molar-refractivity contribution in [2.45, 2.75) is 52.1 Å². The normalized spacial score (nSPS) is 19.5. The third kappa shape index (κ3) is 9.08. The standard InChI is InChI=1S/C18H30N4O3S2.HI/c1-4-19-18(21-13(2)11-16-6-5-14(3)26-16)20-9-7-17(23)22-15-8-10-27(24,25)12-15;/h5-6,13,15H,4,7-12H2,1-3H3,(H,22,23)(H2,19,20,21);1H. The maximum absolute atomic E-state index is 12.0. The molecule has 28 heavy (non-hydrogen) atoms. The van der Waals surface area contributed by atoms with E-state index in [2.05, 4.69) is 46.9 Å². The Labute approximate surface area is 189 Å². The van der Waals surface area contributed by atoms with Gasteiger partial charge in [0.2, 0.25) is 5.91 Å². The highest BCUT2D eigenvalue weighted by molar-refractivity contribution is 14.0. The Bertz CT molecular complexity index is 765. The molecule has 1 aromatic rings. The lowest BCUT2D eigenvalue weighted by Gasteiger charge is -2.17. The number of amides is 1. The molecule has 0 aromatic carbocycles. The monoisotopic (exact) mass is 542 g/mol. The highest BCUT2D eigenvalue weighted by atomic mass is 127. The van der Waals surface area contributed by atoms with Crippen LogP contribution in [0.5, 0.6) is 0 Å². The van der Waals surface area contributed by atoms with Crippen molar-refractivity contribution in [3.8, 4) is 0 Å². The number of guanidine groups is 1. The van der Waals surface area contributed by atoms with Gasteiger partial charge in [0.05, 0.1) is 18.1 Å². The third-order valence-electron chi connectivity index (χ3n) is 4.24. The fraction of sp³-hybridized carbons (Fsp3) is 0.667. The zero-order valence-corrected chi connectivity index (χ0v) is 20.6. The number of carbonyl (C=O) groups excluding carboxylic acids is 1. The second-order valence-corrected chi connectivity index (χ2v) is 10.5. The predicted molar refractivity (Wildman–Crippen MR) is 127 cm³/mol. The number of thiophene rings is 1. The van der Waals surface area contributed by atoms with Gasteiger partial charge in [0.25, 0.3) is 0 Å². The van der Waals surface area contributed by atoms with Gasteiger partial charge in [-0.3, -0.25) is 9.79 Å². The van der Waals surface area contributed by atoms with Gasteiger partial charge in [0.15, 0.2) is 15.8 Å². The number of hydrogen-bond acceptors (Lipinski definition) is 5. The van der Waals surface area contributed by atoms with E-state index in [4.69, 9.17) is 0 Å². The van der Waals surface area contributed by atoms with Crippen molar-refractivity contribution in [1.82, 2.24) is 16.0 Å². The number of hydrogen-bond donors (Lipinski definition) is 3. The second kappa shape index (κ2) is 12.0. The maximum atomic E-state index is 12.0. The summed E-state index contributed by atoms with van der Waals surface area (Å²) in [7, 11) is -2.98. The summed E-state index contributed by atoms with van der Waals surface area (Å²) in [5.41, 5.74) is 0. The Morgan fingerprint density at radius 1 is 1.39 bits per heavy atom. The molecule has 1 aliphatic heterocycles. The first-order chi connectivity index (χ1) is 12.8. The molecule has 1 saturated heterocycles. The molecular formula is C18H31IN4O3S2. The minimum atomic E-state index is -2.98. The Hall–Kier alpha value is -0.880. The van der Waals surface area contributed by atoms with Gasteiger partial charge in [-0.25, -0.2) is 8.42 Å². The van der Waals surface area contributed by atoms with Gasteiger partial charge >= 0.3 is 0 Å². The first-order valence-electron chi connectivity index (χ1n) is 9.37. The van der Waals surface area contributed by atoms with Crippen molar-refractivity contribution >= 4 is 57.0 Å². The van der Waals surface area contributed by atoms with Crippen LogP contribution in [-0.4, -0.2) is 57.0 Å². The zero-order chi connectivity index (χ0) is 19.9. The topological polar surface area (TPSA) is 99.7 Å². The summed E-state index contributed by atoms with van der Waals surface area (Å²) in [6.07, 6.45) is 1.66. The molecule has 160 valence electrons. The smallest absolute Gasteiger partial charge is 0.222 e. The van der Waals surface area contributed by atoms with E-state index in [0.717, 1.165) is 13.0 Å². The molecule has 2 rings (SSSR count). The number of rotatable bonds is 8. The number of sulfone groups is 1. The van der Waals surface area contributed by atoms with Crippen LogP contribution in [0.15, 0.2) is 17.1 Å².